The lowest BCUT2D eigenvalue weighted by Crippen LogP contribution is -2.54. The third-order valence-corrected chi connectivity index (χ3v) is 4.51. The van der Waals surface area contributed by atoms with Crippen LogP contribution < -0.4 is 0 Å². The van der Waals surface area contributed by atoms with Gasteiger partial charge in [0.2, 0.25) is 0 Å². The summed E-state index contributed by atoms with van der Waals surface area (Å²) in [5.74, 6) is -3.65. The molecule has 1 amide bonds. The summed E-state index contributed by atoms with van der Waals surface area (Å²) in [5, 5.41) is 9.38. The summed E-state index contributed by atoms with van der Waals surface area (Å²) in [6.07, 6.45) is 3.67. The van der Waals surface area contributed by atoms with E-state index in [1.54, 1.807) is 0 Å². The Hall–Kier alpha value is -2.02. The SMILES string of the molecule is O=C(O)[C@H]1COC2(CCCCC2)N1C(=O)c1cc(F)cc(F)c1. The van der Waals surface area contributed by atoms with Crippen molar-refractivity contribution in [1.29, 1.82) is 0 Å². The summed E-state index contributed by atoms with van der Waals surface area (Å²) in [5.41, 5.74) is -1.19. The molecule has 0 radical (unpaired) electrons. The van der Waals surface area contributed by atoms with Crippen molar-refractivity contribution in [2.24, 2.45) is 0 Å². The van der Waals surface area contributed by atoms with Crippen LogP contribution in [0.4, 0.5) is 8.78 Å². The molecule has 5 nitrogen and oxygen atoms in total. The van der Waals surface area contributed by atoms with Crippen molar-refractivity contribution in [3.05, 3.63) is 35.4 Å². The molecular formula is C16H17F2NO4. The number of carboxylic acids is 1. The van der Waals surface area contributed by atoms with Crippen LogP contribution in [-0.4, -0.2) is 40.3 Å². The van der Waals surface area contributed by atoms with Crippen LogP contribution in [0.5, 0.6) is 0 Å². The highest BCUT2D eigenvalue weighted by Gasteiger charge is 2.53. The van der Waals surface area contributed by atoms with E-state index in [1.807, 2.05) is 0 Å². The van der Waals surface area contributed by atoms with Crippen LogP contribution in [0.3, 0.4) is 0 Å². The molecule has 1 aliphatic carbocycles. The van der Waals surface area contributed by atoms with Gasteiger partial charge in [0.15, 0.2) is 6.04 Å². The number of nitrogens with zero attached hydrogens (tertiary/aromatic N) is 1. The number of carbonyl (C=O) groups excluding carboxylic acids is 1. The van der Waals surface area contributed by atoms with Gasteiger partial charge in [0, 0.05) is 11.6 Å². The molecule has 1 spiro atoms. The highest BCUT2D eigenvalue weighted by molar-refractivity contribution is 5.97. The fourth-order valence-electron chi connectivity index (χ4n) is 3.48. The molecule has 23 heavy (non-hydrogen) atoms. The van der Waals surface area contributed by atoms with Gasteiger partial charge in [0.25, 0.3) is 5.91 Å². The Labute approximate surface area is 131 Å². The number of hydrogen-bond acceptors (Lipinski definition) is 3. The minimum atomic E-state index is -1.18. The molecule has 1 saturated carbocycles. The van der Waals surface area contributed by atoms with E-state index in [0.717, 1.165) is 31.4 Å². The summed E-state index contributed by atoms with van der Waals surface area (Å²) in [7, 11) is 0. The molecule has 1 heterocycles. The first kappa shape index (κ1) is 15.9. The normalized spacial score (nSPS) is 23.2. The molecule has 1 N–H and O–H groups in total. The zero-order valence-corrected chi connectivity index (χ0v) is 12.4. The monoisotopic (exact) mass is 325 g/mol. The standard InChI is InChI=1S/C16H17F2NO4/c17-11-6-10(7-12(18)8-11)14(20)19-13(15(21)22)9-23-16(19)4-2-1-3-5-16/h6-8,13H,1-5,9H2,(H,21,22)/t13-/m1/s1. The van der Waals surface area contributed by atoms with Crippen LogP contribution in [0.25, 0.3) is 0 Å². The highest BCUT2D eigenvalue weighted by Crippen LogP contribution is 2.41. The number of benzene rings is 1. The van der Waals surface area contributed by atoms with Crippen LogP contribution in [0.2, 0.25) is 0 Å². The Bertz CT molecular complexity index is 623. The number of rotatable bonds is 2. The molecule has 0 bridgehead atoms. The van der Waals surface area contributed by atoms with Crippen LogP contribution in [0.15, 0.2) is 18.2 Å². The molecule has 1 aromatic rings. The molecular weight excluding hydrogens is 308 g/mol. The van der Waals surface area contributed by atoms with Crippen LogP contribution in [0, 0.1) is 11.6 Å². The largest absolute Gasteiger partial charge is 0.480 e. The second kappa shape index (κ2) is 5.88. The molecule has 2 aliphatic rings. The maximum absolute atomic E-state index is 13.4. The Morgan fingerprint density at radius 2 is 1.74 bits per heavy atom. The van der Waals surface area contributed by atoms with Gasteiger partial charge >= 0.3 is 5.97 Å². The lowest BCUT2D eigenvalue weighted by molar-refractivity contribution is -0.143. The molecule has 1 aromatic carbocycles. The molecule has 0 aromatic heterocycles. The predicted molar refractivity (Wildman–Crippen MR) is 75.7 cm³/mol. The van der Waals surface area contributed by atoms with Crippen molar-refractivity contribution in [2.45, 2.75) is 43.9 Å². The van der Waals surface area contributed by atoms with Gasteiger partial charge < -0.3 is 9.84 Å². The van der Waals surface area contributed by atoms with Crippen molar-refractivity contribution in [2.75, 3.05) is 6.61 Å². The minimum Gasteiger partial charge on any atom is -0.480 e. The maximum Gasteiger partial charge on any atom is 0.328 e. The molecule has 7 heteroatoms. The number of amides is 1. The highest BCUT2D eigenvalue weighted by atomic mass is 19.1. The Balaban J connectivity index is 2.00. The molecule has 3 rings (SSSR count). The quantitative estimate of drug-likeness (QED) is 0.907. The second-order valence-corrected chi connectivity index (χ2v) is 6.01. The predicted octanol–water partition coefficient (Wildman–Crippen LogP) is 2.55. The summed E-state index contributed by atoms with van der Waals surface area (Å²) < 4.78 is 32.5. The van der Waals surface area contributed by atoms with Crippen molar-refractivity contribution < 1.29 is 28.2 Å². The van der Waals surface area contributed by atoms with Crippen molar-refractivity contribution in [1.82, 2.24) is 4.90 Å². The van der Waals surface area contributed by atoms with E-state index in [0.29, 0.717) is 18.9 Å². The maximum atomic E-state index is 13.4. The Morgan fingerprint density at radius 3 is 2.30 bits per heavy atom. The summed E-state index contributed by atoms with van der Waals surface area (Å²) in [6, 6.07) is 1.35. The minimum absolute atomic E-state index is 0.112. The van der Waals surface area contributed by atoms with E-state index in [4.69, 9.17) is 4.74 Å². The van der Waals surface area contributed by atoms with Crippen LogP contribution >= 0.6 is 0 Å². The van der Waals surface area contributed by atoms with Gasteiger partial charge in [-0.05, 0) is 37.8 Å². The molecule has 2 fully saturated rings. The average Bonchev–Trinajstić information content (AvgIpc) is 2.85. The lowest BCUT2D eigenvalue weighted by Gasteiger charge is -2.41. The zero-order chi connectivity index (χ0) is 16.6. The first-order valence-corrected chi connectivity index (χ1v) is 7.59. The van der Waals surface area contributed by atoms with E-state index in [2.05, 4.69) is 0 Å². The van der Waals surface area contributed by atoms with Crippen molar-refractivity contribution >= 4 is 11.9 Å². The molecule has 1 atom stereocenters. The smallest absolute Gasteiger partial charge is 0.328 e. The van der Waals surface area contributed by atoms with Gasteiger partial charge in [0.1, 0.15) is 17.4 Å². The first-order valence-electron chi connectivity index (χ1n) is 7.59. The number of ether oxygens (including phenoxy) is 1. The first-order chi connectivity index (χ1) is 10.9. The number of hydrogen-bond donors (Lipinski definition) is 1. The van der Waals surface area contributed by atoms with Gasteiger partial charge in [-0.15, -0.1) is 0 Å². The van der Waals surface area contributed by atoms with Gasteiger partial charge in [-0.25, -0.2) is 13.6 Å². The van der Waals surface area contributed by atoms with Crippen LogP contribution in [-0.2, 0) is 9.53 Å². The van der Waals surface area contributed by atoms with E-state index < -0.39 is 35.3 Å². The number of aliphatic carboxylic acids is 1. The van der Waals surface area contributed by atoms with E-state index in [-0.39, 0.29) is 12.2 Å². The molecule has 1 aliphatic heterocycles. The number of carboxylic acid groups (broad SMARTS) is 1. The van der Waals surface area contributed by atoms with Crippen LogP contribution in [0.1, 0.15) is 42.5 Å². The summed E-state index contributed by atoms with van der Waals surface area (Å²) >= 11 is 0. The molecule has 0 unspecified atom stereocenters. The molecule has 124 valence electrons. The second-order valence-electron chi connectivity index (χ2n) is 6.01. The van der Waals surface area contributed by atoms with E-state index in [9.17, 15) is 23.5 Å². The topological polar surface area (TPSA) is 66.8 Å². The third-order valence-electron chi connectivity index (χ3n) is 4.51. The lowest BCUT2D eigenvalue weighted by atomic mass is 9.89. The van der Waals surface area contributed by atoms with Gasteiger partial charge in [-0.3, -0.25) is 9.69 Å². The van der Waals surface area contributed by atoms with Gasteiger partial charge in [-0.2, -0.15) is 0 Å². The fourth-order valence-corrected chi connectivity index (χ4v) is 3.48. The Morgan fingerprint density at radius 1 is 1.13 bits per heavy atom. The molecule has 1 saturated heterocycles. The fraction of sp³-hybridized carbons (Fsp3) is 0.500. The van der Waals surface area contributed by atoms with E-state index >= 15 is 0 Å². The summed E-state index contributed by atoms with van der Waals surface area (Å²) in [4.78, 5) is 25.4. The summed E-state index contributed by atoms with van der Waals surface area (Å²) in [6.45, 7) is -0.112. The van der Waals surface area contributed by atoms with E-state index in [1.165, 1.54) is 4.90 Å². The van der Waals surface area contributed by atoms with Crippen molar-refractivity contribution in [3.8, 4) is 0 Å². The van der Waals surface area contributed by atoms with Gasteiger partial charge in [0.05, 0.1) is 6.61 Å². The zero-order valence-electron chi connectivity index (χ0n) is 12.4. The average molecular weight is 325 g/mol. The number of halogens is 2. The number of carbonyl (C=O) groups is 2. The Kier molecular flexibility index (Phi) is 4.06. The van der Waals surface area contributed by atoms with Gasteiger partial charge in [-0.1, -0.05) is 6.42 Å². The third kappa shape index (κ3) is 2.81. The van der Waals surface area contributed by atoms with Crippen molar-refractivity contribution in [3.63, 3.8) is 0 Å².